The summed E-state index contributed by atoms with van der Waals surface area (Å²) in [7, 11) is 0. The number of benzene rings is 1. The predicted molar refractivity (Wildman–Crippen MR) is 123 cm³/mol. The van der Waals surface area contributed by atoms with Crippen LogP contribution in [0.4, 0.5) is 0 Å². The lowest BCUT2D eigenvalue weighted by atomic mass is 10.0. The monoisotopic (exact) mass is 418 g/mol. The quantitative estimate of drug-likeness (QED) is 0.633. The molecule has 1 unspecified atom stereocenters. The molecule has 31 heavy (non-hydrogen) atoms. The molecule has 4 rings (SSSR count). The van der Waals surface area contributed by atoms with Crippen LogP contribution in [-0.2, 0) is 4.74 Å². The molecule has 1 saturated heterocycles. The zero-order chi connectivity index (χ0) is 21.6. The zero-order valence-electron chi connectivity index (χ0n) is 18.3. The van der Waals surface area contributed by atoms with Crippen molar-refractivity contribution in [3.05, 3.63) is 60.4 Å². The van der Waals surface area contributed by atoms with Gasteiger partial charge in [0.2, 0.25) is 0 Å². The Balaban J connectivity index is 1.59. The van der Waals surface area contributed by atoms with Gasteiger partial charge in [0.25, 0.3) is 5.91 Å². The van der Waals surface area contributed by atoms with E-state index in [1.54, 1.807) is 12.4 Å². The van der Waals surface area contributed by atoms with Gasteiger partial charge in [0.1, 0.15) is 0 Å². The van der Waals surface area contributed by atoms with Crippen molar-refractivity contribution in [3.63, 3.8) is 0 Å². The number of nitrogens with one attached hydrogen (secondary N) is 1. The van der Waals surface area contributed by atoms with Crippen LogP contribution in [0, 0.1) is 5.92 Å². The first-order valence-corrected chi connectivity index (χ1v) is 11.0. The standard InChI is InChI=1S/C25H30N4O2/c1-18(2)15-20(29-11-13-31-14-12-29)17-27-25(30)22-16-24(19-7-9-26-10-8-19)28-23-6-4-3-5-21(22)23/h3-10,16,18,20H,11-15,17H2,1-2H3,(H,27,30). The number of amides is 1. The highest BCUT2D eigenvalue weighted by Gasteiger charge is 2.23. The molecule has 6 heteroatoms. The topological polar surface area (TPSA) is 67.4 Å². The number of ether oxygens (including phenoxy) is 1. The molecule has 1 atom stereocenters. The maximum atomic E-state index is 13.3. The number of pyridine rings is 2. The van der Waals surface area contributed by atoms with E-state index >= 15 is 0 Å². The summed E-state index contributed by atoms with van der Waals surface area (Å²) in [4.78, 5) is 24.6. The molecule has 3 aromatic rings. The molecule has 1 aliphatic heterocycles. The second-order valence-electron chi connectivity index (χ2n) is 8.45. The van der Waals surface area contributed by atoms with Gasteiger partial charge >= 0.3 is 0 Å². The molecule has 1 N–H and O–H groups in total. The van der Waals surface area contributed by atoms with Gasteiger partial charge in [-0.25, -0.2) is 4.98 Å². The summed E-state index contributed by atoms with van der Waals surface area (Å²) in [5, 5.41) is 4.08. The van der Waals surface area contributed by atoms with Crippen molar-refractivity contribution in [3.8, 4) is 11.3 Å². The van der Waals surface area contributed by atoms with Gasteiger partial charge in [-0.2, -0.15) is 0 Å². The van der Waals surface area contributed by atoms with Crippen molar-refractivity contribution >= 4 is 16.8 Å². The van der Waals surface area contributed by atoms with Crippen LogP contribution < -0.4 is 5.32 Å². The number of aromatic nitrogens is 2. The molecular weight excluding hydrogens is 388 g/mol. The molecule has 0 spiro atoms. The van der Waals surface area contributed by atoms with Crippen molar-refractivity contribution in [2.45, 2.75) is 26.3 Å². The predicted octanol–water partition coefficient (Wildman–Crippen LogP) is 3.77. The summed E-state index contributed by atoms with van der Waals surface area (Å²) in [5.74, 6) is 0.501. The van der Waals surface area contributed by atoms with Gasteiger partial charge in [-0.3, -0.25) is 14.7 Å². The molecule has 1 fully saturated rings. The van der Waals surface area contributed by atoms with E-state index in [2.05, 4.69) is 29.0 Å². The SMILES string of the molecule is CC(C)CC(CNC(=O)c1cc(-c2ccncc2)nc2ccccc12)N1CCOCC1. The van der Waals surface area contributed by atoms with Crippen LogP contribution in [0.3, 0.4) is 0 Å². The van der Waals surface area contributed by atoms with Gasteiger partial charge in [0.15, 0.2) is 0 Å². The van der Waals surface area contributed by atoms with Gasteiger partial charge in [-0.15, -0.1) is 0 Å². The third kappa shape index (κ3) is 5.27. The molecule has 0 bridgehead atoms. The summed E-state index contributed by atoms with van der Waals surface area (Å²) in [6.07, 6.45) is 4.52. The summed E-state index contributed by atoms with van der Waals surface area (Å²) in [6.45, 7) is 8.42. The van der Waals surface area contributed by atoms with Crippen molar-refractivity contribution < 1.29 is 9.53 Å². The lowest BCUT2D eigenvalue weighted by Gasteiger charge is -2.35. The number of para-hydroxylation sites is 1. The van der Waals surface area contributed by atoms with Gasteiger partial charge in [0.05, 0.1) is 30.0 Å². The second kappa shape index (κ2) is 9.98. The highest BCUT2D eigenvalue weighted by Crippen LogP contribution is 2.24. The normalized spacial score (nSPS) is 15.8. The fourth-order valence-corrected chi connectivity index (χ4v) is 4.19. The maximum Gasteiger partial charge on any atom is 0.252 e. The maximum absolute atomic E-state index is 13.3. The Hall–Kier alpha value is -2.83. The average Bonchev–Trinajstić information content (AvgIpc) is 2.81. The molecule has 162 valence electrons. The minimum Gasteiger partial charge on any atom is -0.379 e. The lowest BCUT2D eigenvalue weighted by Crippen LogP contribution is -2.49. The van der Waals surface area contributed by atoms with Crippen molar-refractivity contribution in [1.82, 2.24) is 20.2 Å². The molecule has 0 saturated carbocycles. The first-order chi connectivity index (χ1) is 15.1. The number of rotatable bonds is 7. The summed E-state index contributed by atoms with van der Waals surface area (Å²) >= 11 is 0. The largest absolute Gasteiger partial charge is 0.379 e. The van der Waals surface area contributed by atoms with Crippen molar-refractivity contribution in [2.24, 2.45) is 5.92 Å². The Kier molecular flexibility index (Phi) is 6.89. The van der Waals surface area contributed by atoms with E-state index in [-0.39, 0.29) is 5.91 Å². The molecule has 1 amide bonds. The Morgan fingerprint density at radius 2 is 1.87 bits per heavy atom. The van der Waals surface area contributed by atoms with E-state index < -0.39 is 0 Å². The fourth-order valence-electron chi connectivity index (χ4n) is 4.19. The molecule has 2 aromatic heterocycles. The Morgan fingerprint density at radius 1 is 1.13 bits per heavy atom. The van der Waals surface area contributed by atoms with Crippen LogP contribution in [0.1, 0.15) is 30.6 Å². The molecule has 0 aliphatic carbocycles. The Bertz CT molecular complexity index is 1020. The number of carbonyl (C=O) groups excluding carboxylic acids is 1. The third-order valence-corrected chi connectivity index (χ3v) is 5.74. The van der Waals surface area contributed by atoms with Gasteiger partial charge in [-0.05, 0) is 36.6 Å². The molecule has 1 aliphatic rings. The number of nitrogens with zero attached hydrogens (tertiary/aromatic N) is 3. The average molecular weight is 419 g/mol. The van der Waals surface area contributed by atoms with Crippen LogP contribution in [0.2, 0.25) is 0 Å². The minimum atomic E-state index is -0.0593. The van der Waals surface area contributed by atoms with E-state index in [0.29, 0.717) is 24.1 Å². The highest BCUT2D eigenvalue weighted by molar-refractivity contribution is 6.07. The number of hydrogen-bond acceptors (Lipinski definition) is 5. The van der Waals surface area contributed by atoms with Gasteiger partial charge in [-0.1, -0.05) is 32.0 Å². The smallest absolute Gasteiger partial charge is 0.252 e. The number of carbonyl (C=O) groups is 1. The van der Waals surface area contributed by atoms with E-state index in [9.17, 15) is 4.79 Å². The van der Waals surface area contributed by atoms with Crippen LogP contribution in [0.5, 0.6) is 0 Å². The molecule has 3 heterocycles. The van der Waals surface area contributed by atoms with E-state index in [4.69, 9.17) is 9.72 Å². The molecule has 1 aromatic carbocycles. The van der Waals surface area contributed by atoms with Gasteiger partial charge < -0.3 is 10.1 Å². The van der Waals surface area contributed by atoms with Crippen molar-refractivity contribution in [2.75, 3.05) is 32.8 Å². The lowest BCUT2D eigenvalue weighted by molar-refractivity contribution is 0.0124. The van der Waals surface area contributed by atoms with E-state index in [1.165, 1.54) is 0 Å². The second-order valence-corrected chi connectivity index (χ2v) is 8.45. The van der Waals surface area contributed by atoms with Crippen LogP contribution in [-0.4, -0.2) is 59.7 Å². The number of hydrogen-bond donors (Lipinski definition) is 1. The molecule has 6 nitrogen and oxygen atoms in total. The van der Waals surface area contributed by atoms with Gasteiger partial charge in [0, 0.05) is 49.0 Å². The van der Waals surface area contributed by atoms with Crippen molar-refractivity contribution in [1.29, 1.82) is 0 Å². The molecule has 0 radical (unpaired) electrons. The number of morpholine rings is 1. The summed E-state index contributed by atoms with van der Waals surface area (Å²) in [5.41, 5.74) is 3.19. The summed E-state index contributed by atoms with van der Waals surface area (Å²) < 4.78 is 5.51. The van der Waals surface area contributed by atoms with Crippen LogP contribution in [0.25, 0.3) is 22.2 Å². The zero-order valence-corrected chi connectivity index (χ0v) is 18.3. The third-order valence-electron chi connectivity index (χ3n) is 5.74. The fraction of sp³-hybridized carbons (Fsp3) is 0.400. The van der Waals surface area contributed by atoms with E-state index in [1.807, 2.05) is 42.5 Å². The van der Waals surface area contributed by atoms with Crippen LogP contribution in [0.15, 0.2) is 54.9 Å². The first kappa shape index (κ1) is 21.4. The highest BCUT2D eigenvalue weighted by atomic mass is 16.5. The first-order valence-electron chi connectivity index (χ1n) is 11.0. The Labute approximate surface area is 183 Å². The minimum absolute atomic E-state index is 0.0593. The van der Waals surface area contributed by atoms with Crippen LogP contribution >= 0.6 is 0 Å². The number of fused-ring (bicyclic) bond motifs is 1. The van der Waals surface area contributed by atoms with E-state index in [0.717, 1.165) is 54.9 Å². The molecular formula is C25H30N4O2. The Morgan fingerprint density at radius 3 is 2.61 bits per heavy atom. The summed E-state index contributed by atoms with van der Waals surface area (Å²) in [6, 6.07) is 13.8.